The van der Waals surface area contributed by atoms with Crippen molar-refractivity contribution in [2.45, 2.75) is 0 Å². The van der Waals surface area contributed by atoms with Gasteiger partial charge in [-0.2, -0.15) is 0 Å². The molecule has 0 bridgehead atoms. The molecule has 1 N–H and O–H groups in total. The molecule has 0 saturated heterocycles. The number of carboxylic acids is 1. The SMILES string of the molecule is O=C(O)C=C1COc2ccc(-c3ccccc3)cc2C1=O. The number of fused-ring (bicyclic) bond motifs is 1. The predicted octanol–water partition coefficient (Wildman–Crippen LogP) is 2.94. The third kappa shape index (κ3) is 2.56. The maximum atomic E-state index is 12.3. The fraction of sp³-hybridized carbons (Fsp3) is 0.0588. The largest absolute Gasteiger partial charge is 0.488 e. The molecule has 104 valence electrons. The van der Waals surface area contributed by atoms with Crippen LogP contribution in [-0.4, -0.2) is 23.5 Å². The van der Waals surface area contributed by atoms with E-state index in [4.69, 9.17) is 9.84 Å². The summed E-state index contributed by atoms with van der Waals surface area (Å²) in [6.45, 7) is -0.0111. The zero-order valence-corrected chi connectivity index (χ0v) is 11.1. The van der Waals surface area contributed by atoms with Gasteiger partial charge in [-0.3, -0.25) is 4.79 Å². The highest BCUT2D eigenvalue weighted by atomic mass is 16.5. The minimum atomic E-state index is -1.15. The Morgan fingerprint density at radius 1 is 1.10 bits per heavy atom. The Kier molecular flexibility index (Phi) is 3.28. The Hall–Kier alpha value is -2.88. The van der Waals surface area contributed by atoms with Crippen molar-refractivity contribution in [3.8, 4) is 16.9 Å². The molecule has 1 heterocycles. The molecule has 1 aliphatic heterocycles. The molecule has 2 aromatic rings. The molecule has 21 heavy (non-hydrogen) atoms. The summed E-state index contributed by atoms with van der Waals surface area (Å²) in [5.74, 6) is -0.955. The van der Waals surface area contributed by atoms with E-state index in [0.29, 0.717) is 11.3 Å². The molecule has 0 unspecified atom stereocenters. The van der Waals surface area contributed by atoms with Crippen LogP contribution in [0.3, 0.4) is 0 Å². The zero-order valence-electron chi connectivity index (χ0n) is 11.1. The van der Waals surface area contributed by atoms with Crippen molar-refractivity contribution in [2.75, 3.05) is 6.61 Å². The van der Waals surface area contributed by atoms with Gasteiger partial charge in [-0.05, 0) is 23.3 Å². The maximum absolute atomic E-state index is 12.3. The van der Waals surface area contributed by atoms with Crippen LogP contribution in [0.5, 0.6) is 5.75 Å². The first-order chi connectivity index (χ1) is 10.1. The summed E-state index contributed by atoms with van der Waals surface area (Å²) in [5.41, 5.74) is 2.43. The summed E-state index contributed by atoms with van der Waals surface area (Å²) in [5, 5.41) is 8.78. The molecule has 4 nitrogen and oxygen atoms in total. The van der Waals surface area contributed by atoms with Crippen LogP contribution in [0.2, 0.25) is 0 Å². The van der Waals surface area contributed by atoms with E-state index in [1.807, 2.05) is 36.4 Å². The van der Waals surface area contributed by atoms with Gasteiger partial charge in [-0.15, -0.1) is 0 Å². The fourth-order valence-corrected chi connectivity index (χ4v) is 2.29. The molecular weight excluding hydrogens is 268 g/mol. The standard InChI is InChI=1S/C17H12O4/c18-16(19)9-13-10-21-15-7-6-12(8-14(15)17(13)20)11-4-2-1-3-5-11/h1-9H,10H2,(H,18,19). The second kappa shape index (κ2) is 5.25. The van der Waals surface area contributed by atoms with Gasteiger partial charge in [0, 0.05) is 11.6 Å². The molecule has 0 fully saturated rings. The lowest BCUT2D eigenvalue weighted by Gasteiger charge is -2.19. The highest BCUT2D eigenvalue weighted by Gasteiger charge is 2.24. The second-order valence-electron chi connectivity index (χ2n) is 4.70. The van der Waals surface area contributed by atoms with Crippen LogP contribution in [-0.2, 0) is 4.79 Å². The van der Waals surface area contributed by atoms with E-state index in [9.17, 15) is 9.59 Å². The van der Waals surface area contributed by atoms with Gasteiger partial charge in [0.15, 0.2) is 5.78 Å². The number of rotatable bonds is 2. The van der Waals surface area contributed by atoms with Crippen LogP contribution in [0.15, 0.2) is 60.2 Å². The summed E-state index contributed by atoms with van der Waals surface area (Å²) in [7, 11) is 0. The zero-order chi connectivity index (χ0) is 14.8. The average molecular weight is 280 g/mol. The number of carbonyl (C=O) groups is 2. The number of aliphatic carboxylic acids is 1. The third-order valence-electron chi connectivity index (χ3n) is 3.30. The van der Waals surface area contributed by atoms with Crippen LogP contribution >= 0.6 is 0 Å². The second-order valence-corrected chi connectivity index (χ2v) is 4.70. The predicted molar refractivity (Wildman–Crippen MR) is 77.4 cm³/mol. The molecule has 4 heteroatoms. The number of carboxylic acid groups (broad SMARTS) is 1. The number of benzene rings is 2. The molecule has 0 aliphatic carbocycles. The van der Waals surface area contributed by atoms with E-state index in [0.717, 1.165) is 17.2 Å². The first kappa shape index (κ1) is 13.1. The first-order valence-electron chi connectivity index (χ1n) is 6.45. The van der Waals surface area contributed by atoms with Gasteiger partial charge in [0.05, 0.1) is 5.56 Å². The summed E-state index contributed by atoms with van der Waals surface area (Å²) >= 11 is 0. The van der Waals surface area contributed by atoms with Crippen molar-refractivity contribution in [1.82, 2.24) is 0 Å². The Balaban J connectivity index is 2.05. The van der Waals surface area contributed by atoms with Crippen molar-refractivity contribution in [1.29, 1.82) is 0 Å². The molecule has 0 saturated carbocycles. The first-order valence-corrected chi connectivity index (χ1v) is 6.45. The molecule has 3 rings (SSSR count). The van der Waals surface area contributed by atoms with Gasteiger partial charge >= 0.3 is 5.97 Å². The van der Waals surface area contributed by atoms with Crippen molar-refractivity contribution < 1.29 is 19.4 Å². The van der Waals surface area contributed by atoms with E-state index in [1.165, 1.54) is 0 Å². The number of ether oxygens (including phenoxy) is 1. The van der Waals surface area contributed by atoms with Crippen molar-refractivity contribution in [3.63, 3.8) is 0 Å². The van der Waals surface area contributed by atoms with Gasteiger partial charge in [-0.1, -0.05) is 36.4 Å². The Bertz CT molecular complexity index is 745. The molecule has 1 aliphatic rings. The van der Waals surface area contributed by atoms with Gasteiger partial charge in [0.25, 0.3) is 0 Å². The monoisotopic (exact) mass is 280 g/mol. The fourth-order valence-electron chi connectivity index (χ4n) is 2.29. The Morgan fingerprint density at radius 2 is 1.86 bits per heavy atom. The molecule has 0 amide bonds. The van der Waals surface area contributed by atoms with Gasteiger partial charge in [-0.25, -0.2) is 4.79 Å². The maximum Gasteiger partial charge on any atom is 0.328 e. The lowest BCUT2D eigenvalue weighted by atomic mass is 9.95. The normalized spacial score (nSPS) is 15.4. The molecular formula is C17H12O4. The average Bonchev–Trinajstić information content (AvgIpc) is 2.50. The highest BCUT2D eigenvalue weighted by Crippen LogP contribution is 2.31. The lowest BCUT2D eigenvalue weighted by Crippen LogP contribution is -2.20. The van der Waals surface area contributed by atoms with Crippen LogP contribution in [0.1, 0.15) is 10.4 Å². The van der Waals surface area contributed by atoms with E-state index < -0.39 is 5.97 Å². The van der Waals surface area contributed by atoms with Crippen molar-refractivity contribution in [2.24, 2.45) is 0 Å². The van der Waals surface area contributed by atoms with Crippen LogP contribution in [0.25, 0.3) is 11.1 Å². The van der Waals surface area contributed by atoms with Crippen molar-refractivity contribution in [3.05, 3.63) is 65.7 Å². The highest BCUT2D eigenvalue weighted by molar-refractivity contribution is 6.14. The van der Waals surface area contributed by atoms with E-state index in [1.54, 1.807) is 12.1 Å². The van der Waals surface area contributed by atoms with Crippen molar-refractivity contribution >= 4 is 11.8 Å². The summed E-state index contributed by atoms with van der Waals surface area (Å²) in [4.78, 5) is 23.1. The molecule has 0 spiro atoms. The van der Waals surface area contributed by atoms with Gasteiger partial charge in [0.1, 0.15) is 12.4 Å². The Labute approximate surface area is 121 Å². The van der Waals surface area contributed by atoms with Crippen LogP contribution in [0, 0.1) is 0 Å². The quantitative estimate of drug-likeness (QED) is 0.859. The van der Waals surface area contributed by atoms with E-state index in [-0.39, 0.29) is 18.0 Å². The smallest absolute Gasteiger partial charge is 0.328 e. The van der Waals surface area contributed by atoms with Crippen LogP contribution in [0.4, 0.5) is 0 Å². The topological polar surface area (TPSA) is 63.6 Å². The number of Topliss-reactive ketones (excluding diaryl/α,β-unsaturated/α-hetero) is 1. The lowest BCUT2D eigenvalue weighted by molar-refractivity contribution is -0.131. The number of ketones is 1. The number of carbonyl (C=O) groups excluding carboxylic acids is 1. The van der Waals surface area contributed by atoms with Gasteiger partial charge in [0.2, 0.25) is 0 Å². The molecule has 0 aromatic heterocycles. The minimum absolute atomic E-state index is 0.0111. The van der Waals surface area contributed by atoms with Gasteiger partial charge < -0.3 is 9.84 Å². The summed E-state index contributed by atoms with van der Waals surface area (Å²) in [6.07, 6.45) is 0.903. The summed E-state index contributed by atoms with van der Waals surface area (Å²) in [6, 6.07) is 15.0. The number of hydrogen-bond donors (Lipinski definition) is 1. The third-order valence-corrected chi connectivity index (χ3v) is 3.30. The minimum Gasteiger partial charge on any atom is -0.488 e. The summed E-state index contributed by atoms with van der Waals surface area (Å²) < 4.78 is 5.45. The van der Waals surface area contributed by atoms with E-state index in [2.05, 4.69) is 0 Å². The van der Waals surface area contributed by atoms with Crippen LogP contribution < -0.4 is 4.74 Å². The number of hydrogen-bond acceptors (Lipinski definition) is 3. The molecule has 2 aromatic carbocycles. The van der Waals surface area contributed by atoms with E-state index >= 15 is 0 Å². The molecule has 0 atom stereocenters. The Morgan fingerprint density at radius 3 is 2.57 bits per heavy atom. The molecule has 0 radical (unpaired) electrons.